The van der Waals surface area contributed by atoms with E-state index in [1.165, 1.54) is 23.0 Å². The molecule has 224 valence electrons. The minimum atomic E-state index is -1.30. The van der Waals surface area contributed by atoms with Gasteiger partial charge in [0, 0.05) is 17.5 Å². The number of rotatable bonds is 10. The number of aliphatic hydroxyl groups is 2. The Morgan fingerprint density at radius 1 is 0.932 bits per heavy atom. The first-order valence-corrected chi connectivity index (χ1v) is 13.9. The Balaban J connectivity index is 1.12. The summed E-state index contributed by atoms with van der Waals surface area (Å²) in [6, 6.07) is 22.5. The molecule has 5 aromatic rings. The Hall–Kier alpha value is -5.17. The predicted molar refractivity (Wildman–Crippen MR) is 159 cm³/mol. The second-order valence-electron chi connectivity index (χ2n) is 10.4. The monoisotopic (exact) mass is 595 g/mol. The number of carboxylic acid groups (broad SMARTS) is 1. The topological polar surface area (TPSA) is 183 Å². The van der Waals surface area contributed by atoms with E-state index in [1.807, 2.05) is 36.4 Å². The highest BCUT2D eigenvalue weighted by Gasteiger charge is 2.44. The summed E-state index contributed by atoms with van der Waals surface area (Å²) in [6.07, 6.45) is -2.52. The summed E-state index contributed by atoms with van der Waals surface area (Å²) < 4.78 is 13.5. The predicted octanol–water partition coefficient (Wildman–Crippen LogP) is 3.29. The number of carbonyl (C=O) groups is 2. The van der Waals surface area contributed by atoms with Gasteiger partial charge in [0.15, 0.2) is 29.3 Å². The van der Waals surface area contributed by atoms with E-state index in [9.17, 15) is 24.9 Å². The first kappa shape index (κ1) is 28.9. The highest BCUT2D eigenvalue weighted by molar-refractivity contribution is 6.05. The van der Waals surface area contributed by atoms with Gasteiger partial charge in [-0.1, -0.05) is 60.7 Å². The summed E-state index contributed by atoms with van der Waals surface area (Å²) in [5.74, 6) is -0.378. The Labute approximate surface area is 251 Å². The molecule has 2 aromatic heterocycles. The van der Waals surface area contributed by atoms with Crippen molar-refractivity contribution < 1.29 is 34.4 Å². The number of Topliss-reactive ketones (excluding diaryl/α,β-unsaturated/α-hetero) is 1. The average molecular weight is 596 g/mol. The van der Waals surface area contributed by atoms with Crippen LogP contribution in [0.3, 0.4) is 0 Å². The molecule has 0 amide bonds. The lowest BCUT2D eigenvalue weighted by Gasteiger charge is -2.17. The second-order valence-corrected chi connectivity index (χ2v) is 10.4. The summed E-state index contributed by atoms with van der Waals surface area (Å²) in [5, 5.41) is 31.1. The van der Waals surface area contributed by atoms with E-state index in [-0.39, 0.29) is 35.8 Å². The molecule has 0 radical (unpaired) electrons. The molecule has 44 heavy (non-hydrogen) atoms. The van der Waals surface area contributed by atoms with Crippen LogP contribution in [0.15, 0.2) is 85.2 Å². The first-order chi connectivity index (χ1) is 21.3. The molecule has 3 heterocycles. The number of nitrogens with two attached hydrogens (primary N) is 1. The van der Waals surface area contributed by atoms with Crippen molar-refractivity contribution in [3.63, 3.8) is 0 Å². The Bertz CT molecular complexity index is 1830. The molecule has 0 bridgehead atoms. The molecule has 0 saturated carbocycles. The van der Waals surface area contributed by atoms with E-state index in [2.05, 4.69) is 15.0 Å². The minimum Gasteiger partial charge on any atom is -0.491 e. The van der Waals surface area contributed by atoms with Gasteiger partial charge in [0.2, 0.25) is 0 Å². The van der Waals surface area contributed by atoms with Gasteiger partial charge in [-0.3, -0.25) is 9.36 Å². The number of aryl methyl sites for hydroxylation is 1. The van der Waals surface area contributed by atoms with E-state index in [0.717, 1.165) is 11.1 Å². The van der Waals surface area contributed by atoms with Gasteiger partial charge in [-0.15, -0.1) is 0 Å². The molecule has 1 fully saturated rings. The van der Waals surface area contributed by atoms with Crippen LogP contribution in [0.25, 0.3) is 22.6 Å². The Morgan fingerprint density at radius 2 is 1.68 bits per heavy atom. The zero-order chi connectivity index (χ0) is 30.8. The second kappa shape index (κ2) is 12.2. The van der Waals surface area contributed by atoms with Gasteiger partial charge >= 0.3 is 5.97 Å². The first-order valence-electron chi connectivity index (χ1n) is 13.9. The number of nitrogen functional groups attached to an aromatic ring is 1. The molecule has 0 spiro atoms. The smallest absolute Gasteiger partial charge is 0.336 e. The summed E-state index contributed by atoms with van der Waals surface area (Å²) in [6.45, 7) is -0.0673. The van der Waals surface area contributed by atoms with Gasteiger partial charge in [0.1, 0.15) is 36.2 Å². The highest BCUT2D eigenvalue weighted by atomic mass is 16.6. The lowest BCUT2D eigenvalue weighted by atomic mass is 9.98. The van der Waals surface area contributed by atoms with Gasteiger partial charge in [-0.25, -0.2) is 19.7 Å². The molecule has 1 aliphatic rings. The SMILES string of the molecule is Nc1nc(-c2ccccc2)nc2c1ncn2[C@@H]1O[C@H](COc2cccc(CCC(=O)c3ccccc3C(=O)O)c2)[C@@H](O)[C@H]1O. The van der Waals surface area contributed by atoms with Crippen molar-refractivity contribution in [1.29, 1.82) is 0 Å². The summed E-state index contributed by atoms with van der Waals surface area (Å²) in [5.41, 5.74) is 8.57. The van der Waals surface area contributed by atoms with Gasteiger partial charge in [-0.2, -0.15) is 0 Å². The number of aromatic nitrogens is 4. The van der Waals surface area contributed by atoms with Crippen molar-refractivity contribution >= 4 is 28.7 Å². The van der Waals surface area contributed by atoms with Crippen molar-refractivity contribution in [2.24, 2.45) is 0 Å². The summed E-state index contributed by atoms with van der Waals surface area (Å²) in [4.78, 5) is 37.5. The van der Waals surface area contributed by atoms with Gasteiger partial charge in [0.05, 0.1) is 11.9 Å². The number of ether oxygens (including phenoxy) is 2. The average Bonchev–Trinajstić information content (AvgIpc) is 3.59. The van der Waals surface area contributed by atoms with Crippen LogP contribution in [0.4, 0.5) is 5.82 Å². The van der Waals surface area contributed by atoms with E-state index >= 15 is 0 Å². The van der Waals surface area contributed by atoms with Crippen LogP contribution in [0.5, 0.6) is 5.75 Å². The number of benzene rings is 3. The maximum atomic E-state index is 12.7. The number of nitrogens with zero attached hydrogens (tertiary/aromatic N) is 4. The van der Waals surface area contributed by atoms with Crippen LogP contribution in [-0.4, -0.2) is 71.5 Å². The molecular weight excluding hydrogens is 566 g/mol. The van der Waals surface area contributed by atoms with E-state index < -0.39 is 30.5 Å². The van der Waals surface area contributed by atoms with Gasteiger partial charge in [0.25, 0.3) is 0 Å². The number of ketones is 1. The number of hydrogen-bond donors (Lipinski definition) is 4. The zero-order valence-electron chi connectivity index (χ0n) is 23.4. The van der Waals surface area contributed by atoms with Crippen molar-refractivity contribution in [2.75, 3.05) is 12.3 Å². The van der Waals surface area contributed by atoms with Crippen molar-refractivity contribution in [3.8, 4) is 17.1 Å². The van der Waals surface area contributed by atoms with Gasteiger partial charge in [-0.05, 0) is 30.2 Å². The normalized spacial score (nSPS) is 19.7. The van der Waals surface area contributed by atoms with Crippen LogP contribution in [0.2, 0.25) is 0 Å². The maximum absolute atomic E-state index is 12.7. The number of imidazole rings is 1. The van der Waals surface area contributed by atoms with Crippen molar-refractivity contribution in [2.45, 2.75) is 37.4 Å². The molecule has 5 N–H and O–H groups in total. The molecule has 0 unspecified atom stereocenters. The molecule has 1 saturated heterocycles. The summed E-state index contributed by atoms with van der Waals surface area (Å²) in [7, 11) is 0. The quantitative estimate of drug-likeness (QED) is 0.174. The molecule has 4 atom stereocenters. The third kappa shape index (κ3) is 5.73. The molecule has 1 aliphatic heterocycles. The molecule has 3 aromatic carbocycles. The number of aromatic carboxylic acids is 1. The number of anilines is 1. The van der Waals surface area contributed by atoms with Crippen LogP contribution >= 0.6 is 0 Å². The lowest BCUT2D eigenvalue weighted by Crippen LogP contribution is -2.34. The molecule has 0 aliphatic carbocycles. The van der Waals surface area contributed by atoms with Crippen LogP contribution in [0.1, 0.15) is 38.9 Å². The zero-order valence-corrected chi connectivity index (χ0v) is 23.4. The third-order valence-corrected chi connectivity index (χ3v) is 7.50. The van der Waals surface area contributed by atoms with E-state index in [1.54, 1.807) is 30.3 Å². The fourth-order valence-electron chi connectivity index (χ4n) is 5.21. The fraction of sp³-hybridized carbons (Fsp3) is 0.219. The van der Waals surface area contributed by atoms with Crippen LogP contribution in [0, 0.1) is 0 Å². The lowest BCUT2D eigenvalue weighted by molar-refractivity contribution is -0.0474. The third-order valence-electron chi connectivity index (χ3n) is 7.50. The largest absolute Gasteiger partial charge is 0.491 e. The molecule has 12 heteroatoms. The molecule has 6 rings (SSSR count). The maximum Gasteiger partial charge on any atom is 0.336 e. The number of aliphatic hydroxyl groups excluding tert-OH is 2. The number of fused-ring (bicyclic) bond motifs is 1. The number of hydrogen-bond acceptors (Lipinski definition) is 10. The Morgan fingerprint density at radius 3 is 2.45 bits per heavy atom. The van der Waals surface area contributed by atoms with Crippen molar-refractivity contribution in [1.82, 2.24) is 19.5 Å². The minimum absolute atomic E-state index is 0.0264. The number of carboxylic acids is 1. The molecular formula is C32H29N5O7. The number of carbonyl (C=O) groups excluding carboxylic acids is 1. The van der Waals surface area contributed by atoms with E-state index in [0.29, 0.717) is 29.2 Å². The standard InChI is InChI=1S/C32H29N5O7/c33-28-25-30(36-29(35-28)19-8-2-1-3-9-19)37(17-34-25)31-27(40)26(39)24(44-31)16-43-20-10-6-7-18(15-20)13-14-23(38)21-11-4-5-12-22(21)32(41)42/h1-12,15,17,24,26-27,31,39-40H,13-14,16H2,(H,41,42)(H2,33,35,36)/t24-,26-,27-,31-/m1/s1. The van der Waals surface area contributed by atoms with Crippen LogP contribution < -0.4 is 10.5 Å². The van der Waals surface area contributed by atoms with Gasteiger partial charge < -0.3 is 30.5 Å². The fourth-order valence-corrected chi connectivity index (χ4v) is 5.21. The van der Waals surface area contributed by atoms with Crippen molar-refractivity contribution in [3.05, 3.63) is 102 Å². The van der Waals surface area contributed by atoms with E-state index in [4.69, 9.17) is 15.2 Å². The summed E-state index contributed by atoms with van der Waals surface area (Å²) >= 11 is 0. The Kier molecular flexibility index (Phi) is 8.03. The highest BCUT2D eigenvalue weighted by Crippen LogP contribution is 2.33. The van der Waals surface area contributed by atoms with Crippen LogP contribution in [-0.2, 0) is 11.2 Å². The molecule has 12 nitrogen and oxygen atoms in total.